The van der Waals surface area contributed by atoms with Gasteiger partial charge in [0.05, 0.1) is 18.6 Å². The second-order valence-corrected chi connectivity index (χ2v) is 16.3. The van der Waals surface area contributed by atoms with Gasteiger partial charge in [0, 0.05) is 18.6 Å². The van der Waals surface area contributed by atoms with Gasteiger partial charge in [0.25, 0.3) is 0 Å². The molecule has 22 nitrogen and oxygen atoms in total. The second kappa shape index (κ2) is 14.4. The number of nitrogens with one attached hydrogen (secondary N) is 3. The average molecular weight is 762 g/mol. The number of phosphoric ester groups is 1. The number of anilines is 1. The third-order valence-corrected chi connectivity index (χ3v) is 10.9. The zero-order chi connectivity index (χ0) is 35.8. The number of nitrogens with two attached hydrogens (primary N) is 1. The van der Waals surface area contributed by atoms with Crippen LogP contribution in [0.25, 0.3) is 11.2 Å². The minimum atomic E-state index is -5.77. The van der Waals surface area contributed by atoms with Gasteiger partial charge in [-0.2, -0.15) is 13.7 Å². The van der Waals surface area contributed by atoms with Gasteiger partial charge in [0.2, 0.25) is 11.6 Å². The van der Waals surface area contributed by atoms with Gasteiger partial charge in [-0.25, -0.2) is 23.7 Å². The molecule has 3 aromatic heterocycles. The van der Waals surface area contributed by atoms with Crippen molar-refractivity contribution in [2.45, 2.75) is 57.3 Å². The molecule has 0 radical (unpaired) electrons. The first-order valence-corrected chi connectivity index (χ1v) is 18.7. The molecule has 3 aromatic rings. The Morgan fingerprint density at radius 1 is 1.19 bits per heavy atom. The molecule has 1 fully saturated rings. The summed E-state index contributed by atoms with van der Waals surface area (Å²) in [5.74, 6) is -0.564. The molecule has 1 amide bonds. The third-order valence-electron chi connectivity index (χ3n) is 6.83. The van der Waals surface area contributed by atoms with E-state index in [-0.39, 0.29) is 33.7 Å². The smallest absolute Gasteiger partial charge is 0.376 e. The average Bonchev–Trinajstić information content (AvgIpc) is 3.61. The number of imidazole rings is 1. The first kappa shape index (κ1) is 38.3. The van der Waals surface area contributed by atoms with Crippen molar-refractivity contribution in [3.63, 3.8) is 0 Å². The molecule has 0 bridgehead atoms. The van der Waals surface area contributed by atoms with Crippen LogP contribution in [0.1, 0.15) is 38.4 Å². The number of aromatic amines is 2. The zero-order valence-electron chi connectivity index (χ0n) is 26.1. The van der Waals surface area contributed by atoms with Crippen molar-refractivity contribution in [2.24, 2.45) is 7.05 Å². The number of ether oxygens (including phenoxy) is 3. The summed E-state index contributed by atoms with van der Waals surface area (Å²) in [4.78, 5) is 60.9. The number of hydrogen-bond acceptors (Lipinski definition) is 14. The highest BCUT2D eigenvalue weighted by Gasteiger charge is 2.49. The summed E-state index contributed by atoms with van der Waals surface area (Å²) >= 11 is 5.24. The summed E-state index contributed by atoms with van der Waals surface area (Å²) in [7, 11) is -13.8. The predicted octanol–water partition coefficient (Wildman–Crippen LogP) is 0.478. The summed E-state index contributed by atoms with van der Waals surface area (Å²) in [6, 6.07) is 1.93. The number of hydrogen-bond donors (Lipinski definition) is 8. The maximum absolute atomic E-state index is 12.9. The van der Waals surface area contributed by atoms with Crippen LogP contribution in [0.4, 0.5) is 5.95 Å². The lowest BCUT2D eigenvalue weighted by molar-refractivity contribution is -0.734. The molecule has 1 aliphatic heterocycles. The van der Waals surface area contributed by atoms with Crippen LogP contribution in [0, 0.1) is 4.64 Å². The molecule has 26 heteroatoms. The fraction of sp³-hybridized carbons (Fsp3) is 0.591. The second-order valence-electron chi connectivity index (χ2n) is 11.5. The molecule has 4 rings (SSSR count). The number of carbonyl (C=O) groups is 1. The van der Waals surface area contributed by atoms with E-state index in [1.165, 1.54) is 18.0 Å². The molecule has 1 saturated heterocycles. The number of fused-ring (bicyclic) bond motifs is 1. The highest BCUT2D eigenvalue weighted by Crippen LogP contribution is 2.66. The van der Waals surface area contributed by atoms with Crippen molar-refractivity contribution in [1.29, 1.82) is 0 Å². The van der Waals surface area contributed by atoms with E-state index in [1.54, 1.807) is 4.68 Å². The number of H-pyrrole nitrogens is 2. The van der Waals surface area contributed by atoms with Crippen LogP contribution in [0.3, 0.4) is 0 Å². The number of amides is 1. The summed E-state index contributed by atoms with van der Waals surface area (Å²) in [5, 5.41) is 6.00. The molecule has 1 aliphatic rings. The lowest BCUT2D eigenvalue weighted by Gasteiger charge is -2.24. The topological polar surface area (TPSA) is 309 Å². The minimum absolute atomic E-state index is 0.0517. The molecule has 9 N–H and O–H groups in total. The Morgan fingerprint density at radius 2 is 1.88 bits per heavy atom. The van der Waals surface area contributed by atoms with Gasteiger partial charge in [0.15, 0.2) is 23.9 Å². The molecule has 268 valence electrons. The lowest BCUT2D eigenvalue weighted by atomic mass is 9.92. The number of phosphoric acid groups is 3. The van der Waals surface area contributed by atoms with Gasteiger partial charge in [-0.05, 0) is 0 Å². The quantitative estimate of drug-likeness (QED) is 0.0629. The minimum Gasteiger partial charge on any atom is -0.376 e. The van der Waals surface area contributed by atoms with E-state index in [4.69, 9.17) is 46.5 Å². The molecule has 3 unspecified atom stereocenters. The molecular formula is C22H36N8O14P3S+. The zero-order valence-corrected chi connectivity index (χ0v) is 29.6. The van der Waals surface area contributed by atoms with Crippen molar-refractivity contribution < 1.29 is 70.1 Å². The molecule has 6 atom stereocenters. The van der Waals surface area contributed by atoms with Gasteiger partial charge in [-0.15, -0.1) is 4.68 Å². The Hall–Kier alpha value is -2.46. The van der Waals surface area contributed by atoms with Crippen molar-refractivity contribution >= 4 is 58.7 Å². The SMILES string of the molecule is COC1[C@@H](COP(=O)(O)OP(=O)(O)OP(=O)(O)O)O[C@@H](n2cnc3c(=S)nc(N)[nH]c32)[C@H]1OCC(=O)NCc1cc(C(C)(C)C)[nH][n+]1C. The van der Waals surface area contributed by atoms with Crippen molar-refractivity contribution in [1.82, 2.24) is 29.9 Å². The Morgan fingerprint density at radius 3 is 2.48 bits per heavy atom. The summed E-state index contributed by atoms with van der Waals surface area (Å²) in [5.41, 5.74) is 7.93. The molecule has 0 saturated carbocycles. The normalized spacial score (nSPS) is 22.9. The molecule has 0 spiro atoms. The Bertz CT molecular complexity index is 1850. The van der Waals surface area contributed by atoms with Gasteiger partial charge in [-0.1, -0.05) is 33.0 Å². The maximum atomic E-state index is 12.9. The number of methoxy groups -OCH3 is 1. The lowest BCUT2D eigenvalue weighted by Crippen LogP contribution is -2.41. The van der Waals surface area contributed by atoms with Crippen LogP contribution in [0.5, 0.6) is 0 Å². The molecule has 0 aromatic carbocycles. The number of aryl methyl sites for hydroxylation is 1. The Labute approximate surface area is 277 Å². The van der Waals surface area contributed by atoms with E-state index < -0.39 is 67.1 Å². The van der Waals surface area contributed by atoms with Gasteiger partial charge < -0.3 is 49.8 Å². The molecule has 4 heterocycles. The number of nitrogen functional groups attached to an aromatic ring is 1. The number of aromatic nitrogens is 6. The number of carbonyl (C=O) groups excluding carboxylic acids is 1. The number of nitrogens with zero attached hydrogens (tertiary/aromatic N) is 4. The van der Waals surface area contributed by atoms with E-state index in [0.717, 1.165) is 11.4 Å². The molecular weight excluding hydrogens is 725 g/mol. The summed E-state index contributed by atoms with van der Waals surface area (Å²) < 4.78 is 68.2. The molecule has 48 heavy (non-hydrogen) atoms. The molecule has 0 aliphatic carbocycles. The van der Waals surface area contributed by atoms with Crippen LogP contribution < -0.4 is 15.7 Å². The van der Waals surface area contributed by atoms with Crippen LogP contribution in [-0.2, 0) is 64.9 Å². The standard InChI is InChI=1S/C22H35N8O14P3S/c1-22(2,3)13-6-11(29(4)28-13)7-24-14(31)9-40-17-16(39-5)12(8-41-46(35,36)44-47(37,38)43-45(32,33)34)42-20(17)30-10-25-15-18(30)26-21(23)27-19(15)48/h6,10,12,16-17,20H,7-9H2,1-5H3,(H8,23,24,26,27,31,32,33,34,35,36,37,38,48)/p+1/t12-,16?,17+,20-/m1/s1. The Balaban J connectivity index is 1.53. The van der Waals surface area contributed by atoms with Gasteiger partial charge in [-0.3, -0.25) is 13.9 Å². The van der Waals surface area contributed by atoms with Gasteiger partial charge in [0.1, 0.15) is 42.6 Å². The summed E-state index contributed by atoms with van der Waals surface area (Å²) in [6.45, 7) is 4.93. The third kappa shape index (κ3) is 9.61. The van der Waals surface area contributed by atoms with Crippen LogP contribution in [0.15, 0.2) is 12.4 Å². The van der Waals surface area contributed by atoms with Crippen LogP contribution in [0.2, 0.25) is 0 Å². The van der Waals surface area contributed by atoms with E-state index in [0.29, 0.717) is 0 Å². The first-order valence-electron chi connectivity index (χ1n) is 13.7. The largest absolute Gasteiger partial charge is 0.490 e. The van der Waals surface area contributed by atoms with E-state index in [2.05, 4.69) is 34.0 Å². The fourth-order valence-electron chi connectivity index (χ4n) is 4.66. The maximum Gasteiger partial charge on any atom is 0.490 e. The van der Waals surface area contributed by atoms with Crippen molar-refractivity contribution in [3.8, 4) is 0 Å². The highest BCUT2D eigenvalue weighted by atomic mass is 32.1. The first-order chi connectivity index (χ1) is 22.1. The number of rotatable bonds is 14. The summed E-state index contributed by atoms with van der Waals surface area (Å²) in [6.07, 6.45) is -3.42. The van der Waals surface area contributed by atoms with Crippen molar-refractivity contribution in [3.05, 3.63) is 28.4 Å². The van der Waals surface area contributed by atoms with Crippen molar-refractivity contribution in [2.75, 3.05) is 26.1 Å². The van der Waals surface area contributed by atoms with E-state index in [1.807, 2.05) is 33.9 Å². The highest BCUT2D eigenvalue weighted by molar-refractivity contribution is 7.71. The predicted molar refractivity (Wildman–Crippen MR) is 164 cm³/mol. The van der Waals surface area contributed by atoms with E-state index >= 15 is 0 Å². The fourth-order valence-corrected chi connectivity index (χ4v) is 7.94. The Kier molecular flexibility index (Phi) is 11.5. The van der Waals surface area contributed by atoms with Gasteiger partial charge >= 0.3 is 23.5 Å². The monoisotopic (exact) mass is 761 g/mol. The van der Waals surface area contributed by atoms with Crippen LogP contribution in [-0.4, -0.2) is 88.7 Å². The van der Waals surface area contributed by atoms with Crippen LogP contribution >= 0.6 is 35.7 Å². The van der Waals surface area contributed by atoms with E-state index in [9.17, 15) is 28.3 Å².